The van der Waals surface area contributed by atoms with Crippen LogP contribution in [0, 0.1) is 0 Å². The number of hydrogen-bond acceptors (Lipinski definition) is 5. The number of hydrogen-bond donors (Lipinski definition) is 0. The molecule has 6 heteroatoms. The van der Waals surface area contributed by atoms with E-state index in [1.165, 1.54) is 4.90 Å². The van der Waals surface area contributed by atoms with E-state index in [0.717, 1.165) is 11.3 Å². The number of amides is 1. The second kappa shape index (κ2) is 6.54. The third-order valence-corrected chi connectivity index (χ3v) is 3.57. The molecule has 0 aliphatic rings. The van der Waals surface area contributed by atoms with Gasteiger partial charge in [0.05, 0.1) is 18.2 Å². The van der Waals surface area contributed by atoms with E-state index in [9.17, 15) is 4.79 Å². The summed E-state index contributed by atoms with van der Waals surface area (Å²) in [5.74, 6) is 1.41. The van der Waals surface area contributed by atoms with Gasteiger partial charge in [0.1, 0.15) is 5.75 Å². The van der Waals surface area contributed by atoms with Gasteiger partial charge in [-0.1, -0.05) is 17.3 Å². The minimum absolute atomic E-state index is 0.116. The first-order valence-electron chi connectivity index (χ1n) is 7.39. The van der Waals surface area contributed by atoms with Crippen LogP contribution in [-0.4, -0.2) is 42.2 Å². The van der Waals surface area contributed by atoms with Crippen molar-refractivity contribution in [3.63, 3.8) is 0 Å². The molecule has 0 aliphatic carbocycles. The molecule has 2 aromatic carbocycles. The van der Waals surface area contributed by atoms with E-state index >= 15 is 0 Å². The molecule has 0 fully saturated rings. The summed E-state index contributed by atoms with van der Waals surface area (Å²) < 4.78 is 10.5. The van der Waals surface area contributed by atoms with Crippen LogP contribution in [0.4, 0.5) is 0 Å². The molecule has 6 nitrogen and oxygen atoms in total. The van der Waals surface area contributed by atoms with Crippen molar-refractivity contribution in [1.82, 2.24) is 15.0 Å². The van der Waals surface area contributed by atoms with Crippen molar-refractivity contribution in [2.24, 2.45) is 0 Å². The summed E-state index contributed by atoms with van der Waals surface area (Å²) in [4.78, 5) is 18.2. The van der Waals surface area contributed by atoms with E-state index in [-0.39, 0.29) is 5.91 Å². The third kappa shape index (κ3) is 2.99. The highest BCUT2D eigenvalue weighted by molar-refractivity contribution is 5.99. The summed E-state index contributed by atoms with van der Waals surface area (Å²) in [6.45, 7) is 0. The lowest BCUT2D eigenvalue weighted by Gasteiger charge is -2.11. The van der Waals surface area contributed by atoms with Crippen molar-refractivity contribution < 1.29 is 14.1 Å². The predicted molar refractivity (Wildman–Crippen MR) is 89.7 cm³/mol. The average Bonchev–Trinajstić information content (AvgIpc) is 3.11. The number of rotatable bonds is 4. The molecule has 0 unspecified atom stereocenters. The fraction of sp³-hybridized carbons (Fsp3) is 0.167. The maximum atomic E-state index is 12.3. The highest BCUT2D eigenvalue weighted by atomic mass is 16.5. The summed E-state index contributed by atoms with van der Waals surface area (Å²) in [5.41, 5.74) is 1.94. The van der Waals surface area contributed by atoms with Crippen molar-refractivity contribution in [2.75, 3.05) is 21.2 Å². The van der Waals surface area contributed by atoms with E-state index in [4.69, 9.17) is 9.26 Å². The molecule has 0 saturated heterocycles. The van der Waals surface area contributed by atoms with Crippen molar-refractivity contribution in [1.29, 1.82) is 0 Å². The Morgan fingerprint density at radius 2 is 1.79 bits per heavy atom. The summed E-state index contributed by atoms with van der Waals surface area (Å²) in [5, 5.41) is 4.01. The number of benzene rings is 2. The molecule has 0 bridgehead atoms. The lowest BCUT2D eigenvalue weighted by atomic mass is 10.1. The van der Waals surface area contributed by atoms with E-state index in [0.29, 0.717) is 22.8 Å². The SMILES string of the molecule is COc1ccc(-c2noc(-c3ccccc3C(=O)N(C)C)n2)cc1. The lowest BCUT2D eigenvalue weighted by molar-refractivity contribution is 0.0828. The minimum atomic E-state index is -0.116. The highest BCUT2D eigenvalue weighted by Crippen LogP contribution is 2.26. The molecule has 3 rings (SSSR count). The molecular formula is C18H17N3O3. The maximum absolute atomic E-state index is 12.3. The quantitative estimate of drug-likeness (QED) is 0.738. The molecule has 0 spiro atoms. The zero-order valence-corrected chi connectivity index (χ0v) is 13.7. The van der Waals surface area contributed by atoms with Gasteiger partial charge in [-0.15, -0.1) is 0 Å². The summed E-state index contributed by atoms with van der Waals surface area (Å²) >= 11 is 0. The Labute approximate surface area is 139 Å². The molecule has 1 aromatic heterocycles. The highest BCUT2D eigenvalue weighted by Gasteiger charge is 2.19. The lowest BCUT2D eigenvalue weighted by Crippen LogP contribution is -2.22. The first-order valence-corrected chi connectivity index (χ1v) is 7.39. The van der Waals surface area contributed by atoms with Gasteiger partial charge in [-0.25, -0.2) is 0 Å². The van der Waals surface area contributed by atoms with Gasteiger partial charge < -0.3 is 14.2 Å². The Morgan fingerprint density at radius 1 is 1.08 bits per heavy atom. The Balaban J connectivity index is 1.98. The van der Waals surface area contributed by atoms with Crippen LogP contribution >= 0.6 is 0 Å². The maximum Gasteiger partial charge on any atom is 0.259 e. The molecule has 0 atom stereocenters. The topological polar surface area (TPSA) is 68.5 Å². The van der Waals surface area contributed by atoms with Crippen LogP contribution in [0.15, 0.2) is 53.1 Å². The molecule has 0 radical (unpaired) electrons. The molecule has 1 heterocycles. The van der Waals surface area contributed by atoms with Gasteiger partial charge in [0.15, 0.2) is 0 Å². The number of methoxy groups -OCH3 is 1. The molecule has 0 saturated carbocycles. The second-order valence-corrected chi connectivity index (χ2v) is 5.40. The van der Waals surface area contributed by atoms with Crippen LogP contribution in [0.1, 0.15) is 10.4 Å². The molecule has 1 amide bonds. The van der Waals surface area contributed by atoms with Crippen LogP contribution in [0.25, 0.3) is 22.8 Å². The molecular weight excluding hydrogens is 306 g/mol. The molecule has 0 N–H and O–H groups in total. The monoisotopic (exact) mass is 323 g/mol. The summed E-state index contributed by atoms with van der Waals surface area (Å²) in [6, 6.07) is 14.5. The van der Waals surface area contributed by atoms with Gasteiger partial charge >= 0.3 is 0 Å². The van der Waals surface area contributed by atoms with Crippen LogP contribution < -0.4 is 4.74 Å². The standard InChI is InChI=1S/C18H17N3O3/c1-21(2)18(22)15-7-5-4-6-14(15)17-19-16(20-24-17)12-8-10-13(23-3)11-9-12/h4-11H,1-3H3. The third-order valence-electron chi connectivity index (χ3n) is 3.57. The van der Waals surface area contributed by atoms with Crippen molar-refractivity contribution in [2.45, 2.75) is 0 Å². The van der Waals surface area contributed by atoms with E-state index in [1.807, 2.05) is 30.3 Å². The zero-order chi connectivity index (χ0) is 17.1. The molecule has 122 valence electrons. The number of ether oxygens (including phenoxy) is 1. The van der Waals surface area contributed by atoms with Gasteiger partial charge in [0, 0.05) is 19.7 Å². The smallest absolute Gasteiger partial charge is 0.259 e. The van der Waals surface area contributed by atoms with E-state index in [2.05, 4.69) is 10.1 Å². The Kier molecular flexibility index (Phi) is 4.29. The van der Waals surface area contributed by atoms with E-state index in [1.54, 1.807) is 39.4 Å². The molecule has 0 aliphatic heterocycles. The normalized spacial score (nSPS) is 10.5. The number of carbonyl (C=O) groups excluding carboxylic acids is 1. The Morgan fingerprint density at radius 3 is 2.46 bits per heavy atom. The van der Waals surface area contributed by atoms with Crippen LogP contribution in [0.3, 0.4) is 0 Å². The first-order chi connectivity index (χ1) is 11.6. The van der Waals surface area contributed by atoms with E-state index < -0.39 is 0 Å². The van der Waals surface area contributed by atoms with Gasteiger partial charge in [0.2, 0.25) is 5.82 Å². The average molecular weight is 323 g/mol. The number of carbonyl (C=O) groups is 1. The second-order valence-electron chi connectivity index (χ2n) is 5.40. The number of nitrogens with zero attached hydrogens (tertiary/aromatic N) is 3. The van der Waals surface area contributed by atoms with Crippen LogP contribution in [0.5, 0.6) is 5.75 Å². The Hall–Kier alpha value is -3.15. The Bertz CT molecular complexity index is 854. The van der Waals surface area contributed by atoms with Gasteiger partial charge in [-0.3, -0.25) is 4.79 Å². The number of aromatic nitrogens is 2. The minimum Gasteiger partial charge on any atom is -0.497 e. The largest absolute Gasteiger partial charge is 0.497 e. The first kappa shape index (κ1) is 15.7. The van der Waals surface area contributed by atoms with Crippen molar-refractivity contribution in [3.8, 4) is 28.6 Å². The molecule has 24 heavy (non-hydrogen) atoms. The fourth-order valence-electron chi connectivity index (χ4n) is 2.29. The summed E-state index contributed by atoms with van der Waals surface area (Å²) in [7, 11) is 5.02. The summed E-state index contributed by atoms with van der Waals surface area (Å²) in [6.07, 6.45) is 0. The predicted octanol–water partition coefficient (Wildman–Crippen LogP) is 3.11. The van der Waals surface area contributed by atoms with Crippen molar-refractivity contribution >= 4 is 5.91 Å². The van der Waals surface area contributed by atoms with Gasteiger partial charge in [-0.2, -0.15) is 4.98 Å². The molecule has 3 aromatic rings. The van der Waals surface area contributed by atoms with Gasteiger partial charge in [-0.05, 0) is 36.4 Å². The van der Waals surface area contributed by atoms with Crippen molar-refractivity contribution in [3.05, 3.63) is 54.1 Å². The van der Waals surface area contributed by atoms with Gasteiger partial charge in [0.25, 0.3) is 11.8 Å². The van der Waals surface area contributed by atoms with Crippen LogP contribution in [-0.2, 0) is 0 Å². The fourth-order valence-corrected chi connectivity index (χ4v) is 2.29. The zero-order valence-electron chi connectivity index (χ0n) is 13.7. The van der Waals surface area contributed by atoms with Crippen LogP contribution in [0.2, 0.25) is 0 Å².